The number of nitrogens with zero attached hydrogens (tertiary/aromatic N) is 1. The van der Waals surface area contributed by atoms with E-state index in [1.54, 1.807) is 0 Å². The number of hydrogen-bond donors (Lipinski definition) is 1. The number of hydrogen-bond acceptors (Lipinski definition) is 4. The Morgan fingerprint density at radius 1 is 1.43 bits per heavy atom. The molecule has 0 radical (unpaired) electrons. The highest BCUT2D eigenvalue weighted by atomic mass is 16.5. The Bertz CT molecular complexity index is 463. The van der Waals surface area contributed by atoms with Crippen molar-refractivity contribution in [2.75, 3.05) is 20.2 Å². The lowest BCUT2D eigenvalue weighted by Crippen LogP contribution is -2.48. The van der Waals surface area contributed by atoms with Crippen molar-refractivity contribution in [3.8, 4) is 0 Å². The smallest absolute Gasteiger partial charge is 0.326 e. The maximum atomic E-state index is 11.9. The predicted molar refractivity (Wildman–Crippen MR) is 84.0 cm³/mol. The maximum Gasteiger partial charge on any atom is 0.326 e. The van der Waals surface area contributed by atoms with Crippen LogP contribution in [-0.2, 0) is 16.0 Å². The van der Waals surface area contributed by atoms with Gasteiger partial charge in [0.15, 0.2) is 0 Å². The molecule has 1 aliphatic carbocycles. The van der Waals surface area contributed by atoms with Crippen LogP contribution in [0.4, 0.5) is 0 Å². The molecule has 0 aromatic heterocycles. The number of nitrogens with two attached hydrogens (primary N) is 1. The van der Waals surface area contributed by atoms with E-state index in [4.69, 9.17) is 10.5 Å². The molecular formula is C17H26N2O2. The van der Waals surface area contributed by atoms with Crippen LogP contribution in [0.1, 0.15) is 31.7 Å². The third kappa shape index (κ3) is 4.05. The lowest BCUT2D eigenvalue weighted by atomic mass is 9.99. The molecule has 2 rings (SSSR count). The van der Waals surface area contributed by atoms with Gasteiger partial charge in [0.25, 0.3) is 0 Å². The summed E-state index contributed by atoms with van der Waals surface area (Å²) in [5.74, 6) is -0.246. The van der Waals surface area contributed by atoms with Crippen molar-refractivity contribution in [3.05, 3.63) is 35.9 Å². The van der Waals surface area contributed by atoms with Crippen LogP contribution in [-0.4, -0.2) is 42.6 Å². The van der Waals surface area contributed by atoms with Gasteiger partial charge in [0.1, 0.15) is 5.54 Å². The van der Waals surface area contributed by atoms with Crippen LogP contribution >= 0.6 is 0 Å². The summed E-state index contributed by atoms with van der Waals surface area (Å²) in [5.41, 5.74) is 6.77. The van der Waals surface area contributed by atoms with Crippen LogP contribution in [0.25, 0.3) is 0 Å². The first kappa shape index (κ1) is 16.0. The summed E-state index contributed by atoms with van der Waals surface area (Å²) >= 11 is 0. The van der Waals surface area contributed by atoms with Gasteiger partial charge in [-0.05, 0) is 45.2 Å². The third-order valence-electron chi connectivity index (χ3n) is 4.42. The van der Waals surface area contributed by atoms with E-state index in [0.717, 1.165) is 19.4 Å². The Kier molecular flexibility index (Phi) is 5.37. The SMILES string of the molecule is CCOC(=O)C1(N)CCC(N(C)CCc2ccccc2)C1. The monoisotopic (exact) mass is 290 g/mol. The van der Waals surface area contributed by atoms with Crippen molar-refractivity contribution >= 4 is 5.97 Å². The average molecular weight is 290 g/mol. The van der Waals surface area contributed by atoms with Crippen molar-refractivity contribution in [2.45, 2.75) is 44.2 Å². The van der Waals surface area contributed by atoms with Gasteiger partial charge in [-0.25, -0.2) is 0 Å². The minimum atomic E-state index is -0.790. The second kappa shape index (κ2) is 7.05. The Balaban J connectivity index is 1.84. The standard InChI is InChI=1S/C17H26N2O2/c1-3-21-16(20)17(18)11-9-15(13-17)19(2)12-10-14-7-5-4-6-8-14/h4-8,15H,3,9-13,18H2,1-2H3. The Morgan fingerprint density at radius 2 is 2.14 bits per heavy atom. The number of carbonyl (C=O) groups is 1. The Morgan fingerprint density at radius 3 is 2.81 bits per heavy atom. The fraction of sp³-hybridized carbons (Fsp3) is 0.588. The van der Waals surface area contributed by atoms with Crippen LogP contribution in [0.5, 0.6) is 0 Å². The normalized spacial score (nSPS) is 25.2. The number of benzene rings is 1. The second-order valence-corrected chi connectivity index (χ2v) is 5.99. The molecule has 0 spiro atoms. The third-order valence-corrected chi connectivity index (χ3v) is 4.42. The molecule has 4 heteroatoms. The van der Waals surface area contributed by atoms with E-state index in [1.165, 1.54) is 5.56 Å². The second-order valence-electron chi connectivity index (χ2n) is 5.99. The van der Waals surface area contributed by atoms with Crippen LogP contribution in [0, 0.1) is 0 Å². The molecular weight excluding hydrogens is 264 g/mol. The summed E-state index contributed by atoms with van der Waals surface area (Å²) in [6.07, 6.45) is 3.38. The minimum absolute atomic E-state index is 0.246. The van der Waals surface area contributed by atoms with Crippen LogP contribution in [0.15, 0.2) is 30.3 Å². The molecule has 0 aliphatic heterocycles. The van der Waals surface area contributed by atoms with Gasteiger partial charge >= 0.3 is 5.97 Å². The summed E-state index contributed by atoms with van der Waals surface area (Å²) in [6, 6.07) is 10.8. The molecule has 2 N–H and O–H groups in total. The summed E-state index contributed by atoms with van der Waals surface area (Å²) in [5, 5.41) is 0. The molecule has 0 heterocycles. The molecule has 2 unspecified atom stereocenters. The number of rotatable bonds is 6. The highest BCUT2D eigenvalue weighted by Crippen LogP contribution is 2.31. The zero-order valence-corrected chi connectivity index (χ0v) is 13.0. The fourth-order valence-electron chi connectivity index (χ4n) is 3.02. The van der Waals surface area contributed by atoms with Crippen LogP contribution in [0.3, 0.4) is 0 Å². The molecule has 1 aliphatic rings. The highest BCUT2D eigenvalue weighted by molar-refractivity contribution is 5.81. The quantitative estimate of drug-likeness (QED) is 0.814. The minimum Gasteiger partial charge on any atom is -0.465 e. The first-order valence-corrected chi connectivity index (χ1v) is 7.75. The Labute approximate surface area is 127 Å². The van der Waals surface area contributed by atoms with E-state index < -0.39 is 5.54 Å². The molecule has 1 saturated carbocycles. The molecule has 1 aromatic carbocycles. The summed E-state index contributed by atoms with van der Waals surface area (Å²) in [7, 11) is 2.12. The number of ether oxygens (including phenoxy) is 1. The molecule has 116 valence electrons. The van der Waals surface area contributed by atoms with Gasteiger partial charge < -0.3 is 15.4 Å². The number of likely N-dealkylation sites (N-methyl/N-ethyl adjacent to an activating group) is 1. The van der Waals surface area contributed by atoms with E-state index in [2.05, 4.69) is 36.2 Å². The lowest BCUT2D eigenvalue weighted by Gasteiger charge is -2.26. The van der Waals surface area contributed by atoms with Crippen molar-refractivity contribution < 1.29 is 9.53 Å². The molecule has 21 heavy (non-hydrogen) atoms. The van der Waals surface area contributed by atoms with E-state index in [1.807, 2.05) is 13.0 Å². The molecule has 0 amide bonds. The molecule has 4 nitrogen and oxygen atoms in total. The van der Waals surface area contributed by atoms with E-state index >= 15 is 0 Å². The predicted octanol–water partition coefficient (Wildman–Crippen LogP) is 1.97. The van der Waals surface area contributed by atoms with Gasteiger partial charge in [-0.1, -0.05) is 30.3 Å². The first-order chi connectivity index (χ1) is 10.0. The van der Waals surface area contributed by atoms with Gasteiger partial charge in [0.2, 0.25) is 0 Å². The largest absolute Gasteiger partial charge is 0.465 e. The van der Waals surface area contributed by atoms with Crippen molar-refractivity contribution in [3.63, 3.8) is 0 Å². The van der Waals surface area contributed by atoms with Gasteiger partial charge in [0.05, 0.1) is 6.61 Å². The lowest BCUT2D eigenvalue weighted by molar-refractivity contribution is -0.149. The molecule has 1 aromatic rings. The van der Waals surface area contributed by atoms with Gasteiger partial charge in [-0.3, -0.25) is 4.79 Å². The molecule has 2 atom stereocenters. The van der Waals surface area contributed by atoms with Crippen LogP contribution in [0.2, 0.25) is 0 Å². The average Bonchev–Trinajstić information content (AvgIpc) is 2.90. The van der Waals surface area contributed by atoms with E-state index in [-0.39, 0.29) is 5.97 Å². The molecule has 1 fully saturated rings. The summed E-state index contributed by atoms with van der Waals surface area (Å²) < 4.78 is 5.10. The highest BCUT2D eigenvalue weighted by Gasteiger charge is 2.44. The summed E-state index contributed by atoms with van der Waals surface area (Å²) in [6.45, 7) is 3.19. The van der Waals surface area contributed by atoms with Gasteiger partial charge in [0, 0.05) is 12.6 Å². The topological polar surface area (TPSA) is 55.6 Å². The zero-order chi connectivity index (χ0) is 15.3. The Hall–Kier alpha value is -1.39. The molecule has 0 saturated heterocycles. The summed E-state index contributed by atoms with van der Waals surface area (Å²) in [4.78, 5) is 14.3. The zero-order valence-electron chi connectivity index (χ0n) is 13.0. The number of esters is 1. The molecule has 0 bridgehead atoms. The van der Waals surface area contributed by atoms with Gasteiger partial charge in [-0.15, -0.1) is 0 Å². The van der Waals surface area contributed by atoms with Crippen LogP contribution < -0.4 is 5.73 Å². The van der Waals surface area contributed by atoms with E-state index in [9.17, 15) is 4.79 Å². The fourth-order valence-corrected chi connectivity index (χ4v) is 3.02. The number of carbonyl (C=O) groups excluding carboxylic acids is 1. The van der Waals surface area contributed by atoms with Crippen molar-refractivity contribution in [1.82, 2.24) is 4.90 Å². The first-order valence-electron chi connectivity index (χ1n) is 7.75. The van der Waals surface area contributed by atoms with Crippen molar-refractivity contribution in [2.24, 2.45) is 5.73 Å². The van der Waals surface area contributed by atoms with Gasteiger partial charge in [-0.2, -0.15) is 0 Å². The van der Waals surface area contributed by atoms with Crippen molar-refractivity contribution in [1.29, 1.82) is 0 Å². The van der Waals surface area contributed by atoms with E-state index in [0.29, 0.717) is 25.5 Å². The maximum absolute atomic E-state index is 11.9.